The molecule has 2 aromatic heterocycles. The van der Waals surface area contributed by atoms with Crippen molar-refractivity contribution in [3.8, 4) is 5.69 Å². The van der Waals surface area contributed by atoms with Crippen molar-refractivity contribution in [3.63, 3.8) is 0 Å². The number of ether oxygens (including phenoxy) is 1. The highest BCUT2D eigenvalue weighted by Gasteiger charge is 2.31. The average Bonchev–Trinajstić information content (AvgIpc) is 3.10. The number of halogens is 3. The number of benzene rings is 2. The Hall–Kier alpha value is -4.14. The Labute approximate surface area is 191 Å². The number of alkyl halides is 3. The first-order valence-corrected chi connectivity index (χ1v) is 10.2. The fraction of sp³-hybridized carbons (Fsp3) is 0.160. The number of carbonyl (C=O) groups is 2. The molecule has 0 atom stereocenters. The van der Waals surface area contributed by atoms with Gasteiger partial charge in [-0.25, -0.2) is 9.59 Å². The number of para-hydroxylation sites is 1. The fourth-order valence-electron chi connectivity index (χ4n) is 3.75. The van der Waals surface area contributed by atoms with Crippen LogP contribution in [-0.4, -0.2) is 22.9 Å². The second-order valence-corrected chi connectivity index (χ2v) is 7.65. The van der Waals surface area contributed by atoms with Crippen molar-refractivity contribution in [1.29, 1.82) is 0 Å². The van der Waals surface area contributed by atoms with Gasteiger partial charge in [-0.15, -0.1) is 0 Å². The van der Waals surface area contributed by atoms with E-state index in [4.69, 9.17) is 9.15 Å². The summed E-state index contributed by atoms with van der Waals surface area (Å²) in [7, 11) is 0. The minimum atomic E-state index is -4.51. The summed E-state index contributed by atoms with van der Waals surface area (Å²) in [5, 5.41) is 0.519. The van der Waals surface area contributed by atoms with Crippen LogP contribution in [0.1, 0.15) is 37.7 Å². The standard InChI is InChI=1S/C25H18F3NO5/c1-14-10-19(15(2)29(14)18-8-5-7-17(12-18)25(26,27)28)21(30)13-33-23(31)20-11-16-6-3-4-9-22(16)34-24(20)32/h3-12H,13H2,1-2H3. The molecule has 2 aromatic carbocycles. The van der Waals surface area contributed by atoms with Crippen LogP contribution in [0.5, 0.6) is 0 Å². The summed E-state index contributed by atoms with van der Waals surface area (Å²) in [6.45, 7) is 2.58. The van der Waals surface area contributed by atoms with E-state index in [1.54, 1.807) is 38.1 Å². The van der Waals surface area contributed by atoms with Gasteiger partial charge in [-0.05, 0) is 50.2 Å². The van der Waals surface area contributed by atoms with Crippen LogP contribution < -0.4 is 5.63 Å². The molecule has 0 radical (unpaired) electrons. The Kier molecular flexibility index (Phi) is 5.87. The molecule has 0 saturated heterocycles. The fourth-order valence-corrected chi connectivity index (χ4v) is 3.75. The van der Waals surface area contributed by atoms with Crippen molar-refractivity contribution in [3.05, 3.63) is 99.2 Å². The molecular formula is C25H18F3NO5. The van der Waals surface area contributed by atoms with Gasteiger partial charge in [0.25, 0.3) is 0 Å². The lowest BCUT2D eigenvalue weighted by atomic mass is 10.1. The van der Waals surface area contributed by atoms with Gasteiger partial charge in [-0.3, -0.25) is 4.79 Å². The van der Waals surface area contributed by atoms with Gasteiger partial charge >= 0.3 is 17.8 Å². The van der Waals surface area contributed by atoms with Crippen LogP contribution >= 0.6 is 0 Å². The first kappa shape index (κ1) is 23.0. The summed E-state index contributed by atoms with van der Waals surface area (Å²) in [6, 6.07) is 14.2. The molecule has 0 saturated carbocycles. The highest BCUT2D eigenvalue weighted by atomic mass is 19.4. The maximum atomic E-state index is 13.1. The first-order valence-electron chi connectivity index (χ1n) is 10.2. The van der Waals surface area contributed by atoms with Gasteiger partial charge in [0, 0.05) is 28.0 Å². The second kappa shape index (κ2) is 8.66. The van der Waals surface area contributed by atoms with Crippen LogP contribution in [0.2, 0.25) is 0 Å². The maximum absolute atomic E-state index is 13.1. The van der Waals surface area contributed by atoms with E-state index in [1.165, 1.54) is 28.8 Å². The van der Waals surface area contributed by atoms with Gasteiger partial charge in [0.05, 0.1) is 5.56 Å². The molecule has 0 spiro atoms. The summed E-state index contributed by atoms with van der Waals surface area (Å²) >= 11 is 0. The van der Waals surface area contributed by atoms with Gasteiger partial charge in [-0.2, -0.15) is 13.2 Å². The molecule has 0 unspecified atom stereocenters. The molecule has 0 amide bonds. The third kappa shape index (κ3) is 4.36. The summed E-state index contributed by atoms with van der Waals surface area (Å²) < 4.78 is 51.0. The summed E-state index contributed by atoms with van der Waals surface area (Å²) in [5.41, 5.74) is -0.386. The minimum absolute atomic E-state index is 0.188. The molecule has 0 aliphatic carbocycles. The van der Waals surface area contributed by atoms with Gasteiger partial charge in [-0.1, -0.05) is 24.3 Å². The van der Waals surface area contributed by atoms with Crippen LogP contribution in [-0.2, 0) is 10.9 Å². The van der Waals surface area contributed by atoms with Gasteiger partial charge < -0.3 is 13.7 Å². The number of Topliss-reactive ketones (excluding diaryl/α,β-unsaturated/α-hetero) is 1. The quantitative estimate of drug-likeness (QED) is 0.226. The molecule has 4 rings (SSSR count). The molecule has 2 heterocycles. The van der Waals surface area contributed by atoms with E-state index in [9.17, 15) is 27.6 Å². The maximum Gasteiger partial charge on any atom is 0.416 e. The van der Waals surface area contributed by atoms with E-state index in [0.717, 1.165) is 12.1 Å². The number of aryl methyl sites for hydroxylation is 1. The molecule has 0 aliphatic heterocycles. The number of hydrogen-bond acceptors (Lipinski definition) is 5. The molecule has 6 nitrogen and oxygen atoms in total. The topological polar surface area (TPSA) is 78.5 Å². The number of aromatic nitrogens is 1. The summed E-state index contributed by atoms with van der Waals surface area (Å²) in [6.07, 6.45) is -4.51. The lowest BCUT2D eigenvalue weighted by Gasteiger charge is -2.13. The van der Waals surface area contributed by atoms with Crippen molar-refractivity contribution < 1.29 is 31.9 Å². The Morgan fingerprint density at radius 3 is 2.44 bits per heavy atom. The smallest absolute Gasteiger partial charge is 0.416 e. The highest BCUT2D eigenvalue weighted by molar-refractivity contribution is 6.01. The van der Waals surface area contributed by atoms with Crippen molar-refractivity contribution in [2.24, 2.45) is 0 Å². The van der Waals surface area contributed by atoms with Gasteiger partial charge in [0.15, 0.2) is 6.61 Å². The Morgan fingerprint density at radius 2 is 1.71 bits per heavy atom. The molecule has 0 aliphatic rings. The van der Waals surface area contributed by atoms with Crippen LogP contribution in [0.15, 0.2) is 69.9 Å². The summed E-state index contributed by atoms with van der Waals surface area (Å²) in [4.78, 5) is 37.3. The molecule has 0 N–H and O–H groups in total. The molecule has 0 bridgehead atoms. The number of hydrogen-bond donors (Lipinski definition) is 0. The predicted molar refractivity (Wildman–Crippen MR) is 117 cm³/mol. The molecule has 4 aromatic rings. The van der Waals surface area contributed by atoms with E-state index in [1.807, 2.05) is 0 Å². The van der Waals surface area contributed by atoms with Crippen molar-refractivity contribution in [2.75, 3.05) is 6.61 Å². The van der Waals surface area contributed by atoms with E-state index in [0.29, 0.717) is 22.4 Å². The zero-order valence-corrected chi connectivity index (χ0v) is 18.1. The third-order valence-electron chi connectivity index (χ3n) is 5.36. The lowest BCUT2D eigenvalue weighted by molar-refractivity contribution is -0.137. The van der Waals surface area contributed by atoms with Crippen LogP contribution in [0.4, 0.5) is 13.2 Å². The number of esters is 1. The number of rotatable bonds is 5. The number of carbonyl (C=O) groups excluding carboxylic acids is 2. The molecular weight excluding hydrogens is 451 g/mol. The van der Waals surface area contributed by atoms with Crippen molar-refractivity contribution in [2.45, 2.75) is 20.0 Å². The Balaban J connectivity index is 1.55. The summed E-state index contributed by atoms with van der Waals surface area (Å²) in [5.74, 6) is -1.58. The van der Waals surface area contributed by atoms with E-state index >= 15 is 0 Å². The second-order valence-electron chi connectivity index (χ2n) is 7.65. The third-order valence-corrected chi connectivity index (χ3v) is 5.36. The highest BCUT2D eigenvalue weighted by Crippen LogP contribution is 2.31. The monoisotopic (exact) mass is 469 g/mol. The van der Waals surface area contributed by atoms with Gasteiger partial charge in [0.2, 0.25) is 5.78 Å². The van der Waals surface area contributed by atoms with E-state index < -0.39 is 35.7 Å². The van der Waals surface area contributed by atoms with E-state index in [-0.39, 0.29) is 16.8 Å². The Bertz CT molecular complexity index is 1480. The molecule has 34 heavy (non-hydrogen) atoms. The van der Waals surface area contributed by atoms with Crippen molar-refractivity contribution in [1.82, 2.24) is 4.57 Å². The SMILES string of the molecule is Cc1cc(C(=O)COC(=O)c2cc3ccccc3oc2=O)c(C)n1-c1cccc(C(F)(F)F)c1. The zero-order valence-electron chi connectivity index (χ0n) is 18.1. The minimum Gasteiger partial charge on any atom is -0.453 e. The average molecular weight is 469 g/mol. The normalized spacial score (nSPS) is 11.6. The van der Waals surface area contributed by atoms with E-state index in [2.05, 4.69) is 0 Å². The van der Waals surface area contributed by atoms with Crippen LogP contribution in [0.3, 0.4) is 0 Å². The molecule has 9 heteroatoms. The number of fused-ring (bicyclic) bond motifs is 1. The number of nitrogens with zero attached hydrogens (tertiary/aromatic N) is 1. The van der Waals surface area contributed by atoms with Crippen LogP contribution in [0.25, 0.3) is 16.7 Å². The zero-order chi connectivity index (χ0) is 24.6. The Morgan fingerprint density at radius 1 is 0.971 bits per heavy atom. The molecule has 174 valence electrons. The number of ketones is 1. The van der Waals surface area contributed by atoms with Crippen molar-refractivity contribution >= 4 is 22.7 Å². The largest absolute Gasteiger partial charge is 0.453 e. The van der Waals surface area contributed by atoms with Gasteiger partial charge in [0.1, 0.15) is 11.1 Å². The predicted octanol–water partition coefficient (Wildman–Crippen LogP) is 5.26. The molecule has 0 fully saturated rings. The first-order chi connectivity index (χ1) is 16.1. The lowest BCUT2D eigenvalue weighted by Crippen LogP contribution is -2.20. The van der Waals surface area contributed by atoms with Crippen LogP contribution in [0, 0.1) is 13.8 Å².